The summed E-state index contributed by atoms with van der Waals surface area (Å²) in [6.45, 7) is 3.64. The average molecular weight is 252 g/mol. The van der Waals surface area contributed by atoms with E-state index in [2.05, 4.69) is 5.32 Å². The number of hydrogen-bond donors (Lipinski definition) is 1. The van der Waals surface area contributed by atoms with Crippen LogP contribution in [0.15, 0.2) is 29.5 Å². The number of carbonyl (C=O) groups is 1. The number of benzene rings is 1. The maximum absolute atomic E-state index is 13.3. The highest BCUT2D eigenvalue weighted by Gasteiger charge is 2.29. The van der Waals surface area contributed by atoms with Crippen molar-refractivity contribution in [1.29, 1.82) is 0 Å². The molecule has 0 bridgehead atoms. The van der Waals surface area contributed by atoms with Crippen LogP contribution in [0.4, 0.5) is 13.6 Å². The van der Waals surface area contributed by atoms with Crippen molar-refractivity contribution in [3.8, 4) is 0 Å². The molecule has 1 unspecified atom stereocenters. The number of amides is 2. The van der Waals surface area contributed by atoms with Gasteiger partial charge in [-0.1, -0.05) is 6.07 Å². The molecule has 2 amide bonds. The van der Waals surface area contributed by atoms with Crippen LogP contribution in [0.25, 0.3) is 0 Å². The second-order valence-electron chi connectivity index (χ2n) is 4.43. The van der Waals surface area contributed by atoms with Crippen molar-refractivity contribution in [2.45, 2.75) is 19.9 Å². The maximum Gasteiger partial charge on any atom is 0.322 e. The Morgan fingerprint density at radius 1 is 1.22 bits per heavy atom. The van der Waals surface area contributed by atoms with Gasteiger partial charge in [-0.3, -0.25) is 0 Å². The van der Waals surface area contributed by atoms with Gasteiger partial charge in [0, 0.05) is 12.7 Å². The Labute approximate surface area is 104 Å². The van der Waals surface area contributed by atoms with Crippen LogP contribution in [0.5, 0.6) is 0 Å². The molecule has 1 aromatic rings. The van der Waals surface area contributed by atoms with Crippen molar-refractivity contribution < 1.29 is 13.6 Å². The van der Waals surface area contributed by atoms with Crippen LogP contribution >= 0.6 is 0 Å². The summed E-state index contributed by atoms with van der Waals surface area (Å²) < 4.78 is 26.2. The van der Waals surface area contributed by atoms with E-state index in [0.717, 1.165) is 23.4 Å². The SMILES string of the molecule is CC1=C(C)C(c2ccc(F)c(F)c2)N(C)C(=O)N1. The number of hydrogen-bond acceptors (Lipinski definition) is 1. The molecule has 2 rings (SSSR count). The molecule has 3 nitrogen and oxygen atoms in total. The van der Waals surface area contributed by atoms with Crippen molar-refractivity contribution >= 4 is 6.03 Å². The number of halogens is 2. The zero-order valence-corrected chi connectivity index (χ0v) is 10.4. The van der Waals surface area contributed by atoms with Gasteiger partial charge < -0.3 is 10.2 Å². The third-order valence-electron chi connectivity index (χ3n) is 3.26. The van der Waals surface area contributed by atoms with E-state index in [0.29, 0.717) is 5.56 Å². The molecule has 5 heteroatoms. The largest absolute Gasteiger partial charge is 0.322 e. The quantitative estimate of drug-likeness (QED) is 0.818. The summed E-state index contributed by atoms with van der Waals surface area (Å²) in [5.41, 5.74) is 2.21. The van der Waals surface area contributed by atoms with E-state index in [4.69, 9.17) is 0 Å². The Kier molecular flexibility index (Phi) is 3.07. The first-order chi connectivity index (χ1) is 8.41. The molecule has 1 aromatic carbocycles. The fourth-order valence-corrected chi connectivity index (χ4v) is 2.12. The van der Waals surface area contributed by atoms with Crippen LogP contribution in [-0.4, -0.2) is 18.0 Å². The average Bonchev–Trinajstić information content (AvgIpc) is 2.31. The lowest BCUT2D eigenvalue weighted by atomic mass is 9.95. The number of urea groups is 1. The van der Waals surface area contributed by atoms with Crippen LogP contribution in [0.2, 0.25) is 0 Å². The molecule has 0 saturated heterocycles. The van der Waals surface area contributed by atoms with Crippen LogP contribution in [-0.2, 0) is 0 Å². The van der Waals surface area contributed by atoms with E-state index in [-0.39, 0.29) is 12.1 Å². The molecule has 0 saturated carbocycles. The molecule has 1 atom stereocenters. The Morgan fingerprint density at radius 3 is 2.50 bits per heavy atom. The van der Waals surface area contributed by atoms with Crippen LogP contribution in [0.3, 0.4) is 0 Å². The van der Waals surface area contributed by atoms with Gasteiger partial charge >= 0.3 is 6.03 Å². The van der Waals surface area contributed by atoms with Gasteiger partial charge in [0.15, 0.2) is 11.6 Å². The fourth-order valence-electron chi connectivity index (χ4n) is 2.12. The molecule has 96 valence electrons. The van der Waals surface area contributed by atoms with Gasteiger partial charge in [0.05, 0.1) is 6.04 Å². The molecule has 0 aliphatic carbocycles. The summed E-state index contributed by atoms with van der Waals surface area (Å²) in [5, 5.41) is 2.70. The van der Waals surface area contributed by atoms with Crippen molar-refractivity contribution in [3.63, 3.8) is 0 Å². The summed E-state index contributed by atoms with van der Waals surface area (Å²) in [5.74, 6) is -1.79. The van der Waals surface area contributed by atoms with Crippen molar-refractivity contribution in [3.05, 3.63) is 46.7 Å². The molecule has 0 spiro atoms. The summed E-state index contributed by atoms with van der Waals surface area (Å²) in [7, 11) is 1.62. The summed E-state index contributed by atoms with van der Waals surface area (Å²) in [6, 6.07) is 3.08. The molecule has 1 heterocycles. The first kappa shape index (κ1) is 12.5. The summed E-state index contributed by atoms with van der Waals surface area (Å²) >= 11 is 0. The van der Waals surface area contributed by atoms with E-state index < -0.39 is 11.6 Å². The first-order valence-corrected chi connectivity index (χ1v) is 5.58. The molecular formula is C13H14F2N2O. The molecule has 1 aliphatic rings. The number of nitrogens with one attached hydrogen (secondary N) is 1. The maximum atomic E-state index is 13.3. The second-order valence-corrected chi connectivity index (χ2v) is 4.43. The summed E-state index contributed by atoms with van der Waals surface area (Å²) in [4.78, 5) is 13.2. The normalized spacial score (nSPS) is 20.2. The van der Waals surface area contributed by atoms with Gasteiger partial charge in [0.25, 0.3) is 0 Å². The second kappa shape index (κ2) is 4.40. The molecule has 0 fully saturated rings. The molecule has 0 radical (unpaired) electrons. The van der Waals surface area contributed by atoms with E-state index in [9.17, 15) is 13.6 Å². The third-order valence-corrected chi connectivity index (χ3v) is 3.26. The lowest BCUT2D eigenvalue weighted by Gasteiger charge is -2.35. The molecule has 18 heavy (non-hydrogen) atoms. The molecule has 1 aliphatic heterocycles. The van der Waals surface area contributed by atoms with E-state index in [1.165, 1.54) is 11.0 Å². The Hall–Kier alpha value is -1.91. The highest BCUT2D eigenvalue weighted by atomic mass is 19.2. The van der Waals surface area contributed by atoms with E-state index >= 15 is 0 Å². The minimum absolute atomic E-state index is 0.257. The van der Waals surface area contributed by atoms with E-state index in [1.807, 2.05) is 6.92 Å². The number of carbonyl (C=O) groups excluding carboxylic acids is 1. The van der Waals surface area contributed by atoms with Gasteiger partial charge in [-0.05, 0) is 37.1 Å². The molecule has 1 N–H and O–H groups in total. The highest BCUT2D eigenvalue weighted by molar-refractivity contribution is 5.78. The highest BCUT2D eigenvalue weighted by Crippen LogP contribution is 2.32. The number of rotatable bonds is 1. The predicted molar refractivity (Wildman–Crippen MR) is 63.8 cm³/mol. The third kappa shape index (κ3) is 1.96. The first-order valence-electron chi connectivity index (χ1n) is 5.58. The van der Waals surface area contributed by atoms with Crippen molar-refractivity contribution in [2.75, 3.05) is 7.05 Å². The smallest absolute Gasteiger partial charge is 0.317 e. The Morgan fingerprint density at radius 2 is 1.89 bits per heavy atom. The van der Waals surface area contributed by atoms with Crippen LogP contribution < -0.4 is 5.32 Å². The summed E-state index contributed by atoms with van der Waals surface area (Å²) in [6.07, 6.45) is 0. The zero-order chi connectivity index (χ0) is 13.4. The van der Waals surface area contributed by atoms with Gasteiger partial charge in [-0.25, -0.2) is 13.6 Å². The fraction of sp³-hybridized carbons (Fsp3) is 0.308. The van der Waals surface area contributed by atoms with Gasteiger partial charge in [0.1, 0.15) is 0 Å². The lowest BCUT2D eigenvalue weighted by molar-refractivity contribution is 0.194. The van der Waals surface area contributed by atoms with Crippen LogP contribution in [0.1, 0.15) is 25.5 Å². The minimum atomic E-state index is -0.905. The van der Waals surface area contributed by atoms with Crippen molar-refractivity contribution in [1.82, 2.24) is 10.2 Å². The monoisotopic (exact) mass is 252 g/mol. The topological polar surface area (TPSA) is 32.3 Å². The molecular weight excluding hydrogens is 238 g/mol. The molecule has 0 aromatic heterocycles. The van der Waals surface area contributed by atoms with Crippen LogP contribution in [0, 0.1) is 11.6 Å². The predicted octanol–water partition coefficient (Wildman–Crippen LogP) is 2.95. The van der Waals surface area contributed by atoms with Gasteiger partial charge in [0.2, 0.25) is 0 Å². The number of nitrogens with zero attached hydrogens (tertiary/aromatic N) is 1. The van der Waals surface area contributed by atoms with Crippen molar-refractivity contribution in [2.24, 2.45) is 0 Å². The number of allylic oxidation sites excluding steroid dienone is 1. The zero-order valence-electron chi connectivity index (χ0n) is 10.4. The lowest BCUT2D eigenvalue weighted by Crippen LogP contribution is -2.44. The number of likely N-dealkylation sites (N-methyl/N-ethyl adjacent to an activating group) is 1. The standard InChI is InChI=1S/C13H14F2N2O/c1-7-8(2)16-13(18)17(3)12(7)9-4-5-10(14)11(15)6-9/h4-6,12H,1-3H3,(H,16,18). The van der Waals surface area contributed by atoms with Gasteiger partial charge in [-0.15, -0.1) is 0 Å². The minimum Gasteiger partial charge on any atom is -0.317 e. The van der Waals surface area contributed by atoms with E-state index in [1.54, 1.807) is 14.0 Å². The Bertz CT molecular complexity index is 540. The van der Waals surface area contributed by atoms with Gasteiger partial charge in [-0.2, -0.15) is 0 Å². The Balaban J connectivity index is 2.50.